The van der Waals surface area contributed by atoms with Crippen molar-refractivity contribution in [2.75, 3.05) is 30.5 Å². The van der Waals surface area contributed by atoms with Crippen molar-refractivity contribution in [1.29, 1.82) is 0 Å². The van der Waals surface area contributed by atoms with E-state index in [4.69, 9.17) is 9.47 Å². The average molecular weight is 719 g/mol. The largest absolute Gasteiger partial charge is 0.516 e. The first-order chi connectivity index (χ1) is 21.8. The molecule has 0 bridgehead atoms. The second-order valence-corrected chi connectivity index (χ2v) is 15.2. The quantitative estimate of drug-likeness (QED) is 0.386. The van der Waals surface area contributed by atoms with Crippen molar-refractivity contribution in [3.05, 3.63) is 65.7 Å². The smallest absolute Gasteiger partial charge is 0.444 e. The number of nitrogens with zero attached hydrogens (tertiary/aromatic N) is 2. The normalized spacial score (nSPS) is 16.8. The molecule has 11 nitrogen and oxygen atoms in total. The van der Waals surface area contributed by atoms with Gasteiger partial charge in [-0.05, 0) is 64.7 Å². The van der Waals surface area contributed by atoms with Gasteiger partial charge in [0.2, 0.25) is 11.8 Å². The Morgan fingerprint density at radius 2 is 1.52 bits per heavy atom. The van der Waals surface area contributed by atoms with Gasteiger partial charge in [-0.1, -0.05) is 48.5 Å². The average Bonchev–Trinajstić information content (AvgIpc) is 3.29. The van der Waals surface area contributed by atoms with Gasteiger partial charge < -0.3 is 25.0 Å². The number of alkyl halides is 3. The monoisotopic (exact) mass is 718 g/mol. The van der Waals surface area contributed by atoms with Crippen molar-refractivity contribution in [1.82, 2.24) is 15.5 Å². The van der Waals surface area contributed by atoms with Crippen LogP contribution < -0.4 is 14.9 Å². The van der Waals surface area contributed by atoms with Crippen LogP contribution in [0.5, 0.6) is 0 Å². The van der Waals surface area contributed by atoms with Crippen molar-refractivity contribution < 1.29 is 45.4 Å². The summed E-state index contributed by atoms with van der Waals surface area (Å²) < 4.78 is 77.2. The molecule has 2 heterocycles. The Morgan fingerprint density at radius 1 is 0.938 bits per heavy atom. The highest BCUT2D eigenvalue weighted by atomic mass is 35.5. The summed E-state index contributed by atoms with van der Waals surface area (Å²) in [6.45, 7) is 7.70. The zero-order valence-corrected chi connectivity index (χ0v) is 29.1. The summed E-state index contributed by atoms with van der Waals surface area (Å²) in [5, 5.41) is 5.21. The highest BCUT2D eigenvalue weighted by Crippen LogP contribution is 2.49. The summed E-state index contributed by atoms with van der Waals surface area (Å²) >= 11 is 0. The molecule has 0 saturated carbocycles. The van der Waals surface area contributed by atoms with Crippen LogP contribution in [0.1, 0.15) is 58.6 Å². The molecule has 1 saturated heterocycles. The van der Waals surface area contributed by atoms with Crippen LogP contribution in [-0.2, 0) is 41.1 Å². The van der Waals surface area contributed by atoms with Gasteiger partial charge >= 0.3 is 21.6 Å². The molecule has 2 aromatic rings. The van der Waals surface area contributed by atoms with Gasteiger partial charge in [-0.3, -0.25) is 13.9 Å². The van der Waals surface area contributed by atoms with E-state index in [0.717, 1.165) is 5.56 Å². The predicted molar refractivity (Wildman–Crippen MR) is 175 cm³/mol. The molecule has 2 N–H and O–H groups in total. The number of halogens is 4. The van der Waals surface area contributed by atoms with Gasteiger partial charge in [0.25, 0.3) is 0 Å². The van der Waals surface area contributed by atoms with Crippen molar-refractivity contribution in [2.24, 2.45) is 0 Å². The fraction of sp³-hybridized carbons (Fsp3) is 0.531. The molecule has 1 spiro atoms. The number of hydrogen-bond acceptors (Lipinski definition) is 7. The first-order valence-electron chi connectivity index (χ1n) is 15.2. The minimum atomic E-state index is -5.64. The van der Waals surface area contributed by atoms with Gasteiger partial charge in [0.05, 0.1) is 18.9 Å². The molecule has 1 atom stereocenters. The van der Waals surface area contributed by atoms with E-state index in [-0.39, 0.29) is 57.2 Å². The zero-order chi connectivity index (χ0) is 34.8. The standard InChI is InChI=1S/C32H41F3N4O7S.ClH/c1-29(2,3)46-28(42)37-30(4,5)27(41)36-24(20-45-19-22-11-7-6-8-12-22)26(40)38-17-15-31(16-18-38)21-39(47(43,44)32(33,34)35)25-14-10-9-13-23(25)31;/h6-14,24H,15-21H2,1-5H3,(H,36,41)(H,37,42);1H/t24-;/m1./s1. The number of rotatable bonds is 9. The number of carbonyl (C=O) groups excluding carboxylic acids is 3. The molecule has 3 amide bonds. The number of carbonyl (C=O) groups is 3. The van der Waals surface area contributed by atoms with E-state index < -0.39 is 62.6 Å². The lowest BCUT2D eigenvalue weighted by molar-refractivity contribution is -0.141. The minimum absolute atomic E-state index is 0. The Labute approximate surface area is 285 Å². The number of anilines is 1. The Morgan fingerprint density at radius 3 is 2.10 bits per heavy atom. The van der Waals surface area contributed by atoms with Crippen LogP contribution in [-0.4, -0.2) is 80.2 Å². The van der Waals surface area contributed by atoms with Crippen LogP contribution in [0, 0.1) is 0 Å². The van der Waals surface area contributed by atoms with Gasteiger partial charge in [0.15, 0.2) is 0 Å². The van der Waals surface area contributed by atoms with Crippen LogP contribution in [0.2, 0.25) is 0 Å². The third-order valence-electron chi connectivity index (χ3n) is 8.19. The number of ether oxygens (including phenoxy) is 2. The summed E-state index contributed by atoms with van der Waals surface area (Å²) in [6, 6.07) is 14.1. The molecule has 2 aliphatic heterocycles. The Balaban J connectivity index is 0.00000625. The minimum Gasteiger partial charge on any atom is -0.444 e. The molecular weight excluding hydrogens is 677 g/mol. The lowest BCUT2D eigenvalue weighted by Crippen LogP contribution is -2.61. The van der Waals surface area contributed by atoms with Crippen LogP contribution in [0.15, 0.2) is 54.6 Å². The number of fused-ring (bicyclic) bond motifs is 2. The molecule has 2 aliphatic rings. The molecule has 0 unspecified atom stereocenters. The summed E-state index contributed by atoms with van der Waals surface area (Å²) in [5.41, 5.74) is -7.40. The molecule has 0 aliphatic carbocycles. The third kappa shape index (κ3) is 8.72. The maximum atomic E-state index is 13.9. The number of piperidine rings is 1. The molecule has 2 aromatic carbocycles. The summed E-state index contributed by atoms with van der Waals surface area (Å²) in [6.07, 6.45) is -0.436. The third-order valence-corrected chi connectivity index (χ3v) is 9.68. The van der Waals surface area contributed by atoms with E-state index in [1.807, 2.05) is 30.3 Å². The lowest BCUT2D eigenvalue weighted by Gasteiger charge is -2.41. The van der Waals surface area contributed by atoms with Gasteiger partial charge in [-0.2, -0.15) is 21.6 Å². The topological polar surface area (TPSA) is 134 Å². The first-order valence-corrected chi connectivity index (χ1v) is 16.6. The Kier molecular flexibility index (Phi) is 11.8. The second kappa shape index (κ2) is 14.5. The molecule has 4 rings (SSSR count). The number of likely N-dealkylation sites (tertiary alicyclic amines) is 1. The van der Waals surface area contributed by atoms with E-state index in [1.165, 1.54) is 30.9 Å². The van der Waals surface area contributed by atoms with Crippen molar-refractivity contribution in [3.8, 4) is 0 Å². The van der Waals surface area contributed by atoms with Gasteiger partial charge in [0.1, 0.15) is 17.2 Å². The predicted octanol–water partition coefficient (Wildman–Crippen LogP) is 4.64. The Hall–Kier alpha value is -3.56. The van der Waals surface area contributed by atoms with E-state index in [9.17, 15) is 36.0 Å². The van der Waals surface area contributed by atoms with E-state index >= 15 is 0 Å². The fourth-order valence-electron chi connectivity index (χ4n) is 5.72. The maximum absolute atomic E-state index is 13.9. The molecule has 0 aromatic heterocycles. The Bertz CT molecular complexity index is 1580. The highest BCUT2D eigenvalue weighted by molar-refractivity contribution is 7.93. The molecular formula is C32H42ClF3N4O7S. The van der Waals surface area contributed by atoms with Crippen LogP contribution in [0.4, 0.5) is 23.7 Å². The first kappa shape index (κ1) is 38.9. The molecule has 16 heteroatoms. The van der Waals surface area contributed by atoms with E-state index in [1.54, 1.807) is 32.9 Å². The summed E-state index contributed by atoms with van der Waals surface area (Å²) in [4.78, 5) is 41.2. The van der Waals surface area contributed by atoms with Crippen molar-refractivity contribution in [3.63, 3.8) is 0 Å². The summed E-state index contributed by atoms with van der Waals surface area (Å²) in [7, 11) is -5.64. The van der Waals surface area contributed by atoms with Crippen LogP contribution >= 0.6 is 12.4 Å². The van der Waals surface area contributed by atoms with Gasteiger partial charge in [-0.25, -0.2) is 4.79 Å². The number of alkyl carbamates (subject to hydrolysis) is 1. The number of hydrogen-bond donors (Lipinski definition) is 2. The highest BCUT2D eigenvalue weighted by Gasteiger charge is 2.56. The molecule has 1 fully saturated rings. The fourth-order valence-corrected chi connectivity index (χ4v) is 6.81. The second-order valence-electron chi connectivity index (χ2n) is 13.4. The van der Waals surface area contributed by atoms with Crippen molar-refractivity contribution in [2.45, 2.75) is 82.2 Å². The lowest BCUT2D eigenvalue weighted by atomic mass is 9.74. The van der Waals surface area contributed by atoms with Crippen molar-refractivity contribution >= 4 is 46.0 Å². The number of nitrogens with one attached hydrogen (secondary N) is 2. The molecule has 266 valence electrons. The van der Waals surface area contributed by atoms with E-state index in [0.29, 0.717) is 9.87 Å². The van der Waals surface area contributed by atoms with Crippen LogP contribution in [0.25, 0.3) is 0 Å². The van der Waals surface area contributed by atoms with Gasteiger partial charge in [-0.15, -0.1) is 12.4 Å². The number of para-hydroxylation sites is 1. The summed E-state index contributed by atoms with van der Waals surface area (Å²) in [5.74, 6) is -1.16. The number of benzene rings is 2. The number of amides is 3. The zero-order valence-electron chi connectivity index (χ0n) is 27.4. The van der Waals surface area contributed by atoms with Gasteiger partial charge in [0, 0.05) is 25.0 Å². The SMILES string of the molecule is CC(C)(C)OC(=O)NC(C)(C)C(=O)N[C@H](COCc1ccccc1)C(=O)N1CCC2(CC1)CN(S(=O)(=O)C(F)(F)F)c1ccccc12.Cl. The molecule has 0 radical (unpaired) electrons. The van der Waals surface area contributed by atoms with E-state index in [2.05, 4.69) is 10.6 Å². The number of sulfonamides is 1. The molecule has 48 heavy (non-hydrogen) atoms. The maximum Gasteiger partial charge on any atom is 0.516 e. The van der Waals surface area contributed by atoms with Crippen LogP contribution in [0.3, 0.4) is 0 Å².